The molecule has 3 aliphatic rings. The number of piperidine rings is 1. The number of nitrogens with zero attached hydrogens (tertiary/aromatic N) is 2. The van der Waals surface area contributed by atoms with Crippen LogP contribution in [0.25, 0.3) is 0 Å². The van der Waals surface area contributed by atoms with Gasteiger partial charge in [0, 0.05) is 38.3 Å². The normalized spacial score (nSPS) is 24.3. The molecule has 0 spiro atoms. The van der Waals surface area contributed by atoms with Gasteiger partial charge in [0.1, 0.15) is 6.04 Å². The first-order valence-electron chi connectivity index (χ1n) is 10.9. The maximum Gasteiger partial charge on any atom is 0.407 e. The Balaban J connectivity index is 1.33. The first kappa shape index (κ1) is 22.7. The average Bonchev–Trinajstić information content (AvgIpc) is 3.00. The number of amides is 5. The van der Waals surface area contributed by atoms with Crippen molar-refractivity contribution in [2.75, 3.05) is 25.5 Å². The lowest BCUT2D eigenvalue weighted by atomic mass is 9.88. The number of carbonyl (C=O) groups excluding carboxylic acids is 4. The molecule has 11 heteroatoms. The van der Waals surface area contributed by atoms with E-state index in [9.17, 15) is 24.0 Å². The number of ether oxygens (including phenoxy) is 1. The molecule has 1 atom stereocenters. The number of imide groups is 2. The van der Waals surface area contributed by atoms with Gasteiger partial charge in [-0.3, -0.25) is 29.4 Å². The third-order valence-electron chi connectivity index (χ3n) is 6.24. The van der Waals surface area contributed by atoms with E-state index in [-0.39, 0.29) is 36.1 Å². The summed E-state index contributed by atoms with van der Waals surface area (Å²) in [4.78, 5) is 62.6. The van der Waals surface area contributed by atoms with E-state index in [1.165, 1.54) is 11.9 Å². The zero-order valence-electron chi connectivity index (χ0n) is 18.2. The van der Waals surface area contributed by atoms with Crippen molar-refractivity contribution in [2.45, 2.75) is 50.3 Å². The van der Waals surface area contributed by atoms with E-state index < -0.39 is 35.8 Å². The van der Waals surface area contributed by atoms with Crippen molar-refractivity contribution in [1.29, 1.82) is 0 Å². The number of hydrogen-bond acceptors (Lipinski definition) is 7. The van der Waals surface area contributed by atoms with E-state index in [1.54, 1.807) is 18.2 Å². The number of carbonyl (C=O) groups is 5. The summed E-state index contributed by atoms with van der Waals surface area (Å²) in [5, 5.41) is 14.3. The topological polar surface area (TPSA) is 145 Å². The van der Waals surface area contributed by atoms with E-state index in [2.05, 4.69) is 10.6 Å². The number of anilines is 1. The third kappa shape index (κ3) is 4.54. The van der Waals surface area contributed by atoms with Gasteiger partial charge >= 0.3 is 6.09 Å². The highest BCUT2D eigenvalue weighted by molar-refractivity contribution is 6.25. The molecule has 3 N–H and O–H groups in total. The monoisotopic (exact) mass is 458 g/mol. The fraction of sp³-hybridized carbons (Fsp3) is 0.500. The molecule has 1 saturated carbocycles. The molecule has 1 saturated heterocycles. The van der Waals surface area contributed by atoms with Gasteiger partial charge in [0.2, 0.25) is 11.8 Å². The molecule has 0 aromatic heterocycles. The first-order chi connectivity index (χ1) is 15.8. The molecule has 2 aliphatic heterocycles. The molecule has 1 aliphatic carbocycles. The number of rotatable bonds is 8. The van der Waals surface area contributed by atoms with Gasteiger partial charge in [0.05, 0.1) is 17.2 Å². The van der Waals surface area contributed by atoms with Crippen LogP contribution in [0, 0.1) is 0 Å². The van der Waals surface area contributed by atoms with E-state index in [0.29, 0.717) is 25.3 Å². The van der Waals surface area contributed by atoms with Crippen LogP contribution < -0.4 is 10.6 Å². The Morgan fingerprint density at radius 3 is 2.70 bits per heavy atom. The maximum absolute atomic E-state index is 13.1. The lowest BCUT2D eigenvalue weighted by Gasteiger charge is -2.36. The number of fused-ring (bicyclic) bond motifs is 1. The fourth-order valence-electron chi connectivity index (χ4n) is 4.32. The predicted octanol–water partition coefficient (Wildman–Crippen LogP) is 1.05. The van der Waals surface area contributed by atoms with Crippen molar-refractivity contribution in [3.05, 3.63) is 29.3 Å². The summed E-state index contributed by atoms with van der Waals surface area (Å²) < 4.78 is 5.76. The Morgan fingerprint density at radius 1 is 1.24 bits per heavy atom. The van der Waals surface area contributed by atoms with Crippen LogP contribution in [0.5, 0.6) is 0 Å². The van der Waals surface area contributed by atoms with Gasteiger partial charge in [-0.05, 0) is 37.8 Å². The van der Waals surface area contributed by atoms with Crippen molar-refractivity contribution >= 4 is 35.4 Å². The molecule has 2 fully saturated rings. The third-order valence-corrected chi connectivity index (χ3v) is 6.24. The minimum Gasteiger partial charge on any atom is -0.465 e. The summed E-state index contributed by atoms with van der Waals surface area (Å²) in [6.45, 7) is 0.864. The predicted molar refractivity (Wildman–Crippen MR) is 115 cm³/mol. The zero-order valence-corrected chi connectivity index (χ0v) is 18.2. The van der Waals surface area contributed by atoms with Crippen molar-refractivity contribution in [3.63, 3.8) is 0 Å². The Labute approximate surface area is 190 Å². The average molecular weight is 458 g/mol. The van der Waals surface area contributed by atoms with Gasteiger partial charge in [-0.25, -0.2) is 4.79 Å². The van der Waals surface area contributed by atoms with Crippen LogP contribution in [0.15, 0.2) is 18.2 Å². The molecule has 0 radical (unpaired) electrons. The molecule has 176 valence electrons. The smallest absolute Gasteiger partial charge is 0.407 e. The van der Waals surface area contributed by atoms with Crippen LogP contribution in [0.1, 0.15) is 52.8 Å². The van der Waals surface area contributed by atoms with Crippen LogP contribution in [-0.2, 0) is 14.3 Å². The van der Waals surface area contributed by atoms with Crippen molar-refractivity contribution in [1.82, 2.24) is 15.1 Å². The number of carboxylic acid groups (broad SMARTS) is 1. The van der Waals surface area contributed by atoms with Crippen LogP contribution >= 0.6 is 0 Å². The summed E-state index contributed by atoms with van der Waals surface area (Å²) in [6.07, 6.45) is 1.31. The molecular weight excluding hydrogens is 432 g/mol. The van der Waals surface area contributed by atoms with E-state index in [1.807, 2.05) is 0 Å². The number of benzene rings is 1. The molecular formula is C22H26N4O7. The van der Waals surface area contributed by atoms with Crippen LogP contribution in [0.4, 0.5) is 10.5 Å². The molecule has 33 heavy (non-hydrogen) atoms. The standard InChI is InChI=1S/C22H26N4O7/c1-25(22(31)32)8-3-9-33-13-10-12(11-13)23-15-5-2-4-14-18(15)21(30)26(20(14)29)16-6-7-17(27)24-19(16)28/h2,4-5,12-13,16,23H,3,6-11H2,1H3,(H,31,32)(H,24,27,28). The molecule has 5 amide bonds. The summed E-state index contributed by atoms with van der Waals surface area (Å²) >= 11 is 0. The summed E-state index contributed by atoms with van der Waals surface area (Å²) in [5.74, 6) is -2.12. The highest BCUT2D eigenvalue weighted by atomic mass is 16.5. The van der Waals surface area contributed by atoms with Crippen molar-refractivity contribution in [3.8, 4) is 0 Å². The summed E-state index contributed by atoms with van der Waals surface area (Å²) in [6, 6.07) is 4.05. The summed E-state index contributed by atoms with van der Waals surface area (Å²) in [7, 11) is 1.51. The van der Waals surface area contributed by atoms with Crippen molar-refractivity contribution in [2.24, 2.45) is 0 Å². The lowest BCUT2D eigenvalue weighted by molar-refractivity contribution is -0.136. The molecule has 4 rings (SSSR count). The highest BCUT2D eigenvalue weighted by Crippen LogP contribution is 2.35. The maximum atomic E-state index is 13.1. The van der Waals surface area contributed by atoms with Gasteiger partial charge in [0.15, 0.2) is 0 Å². The Morgan fingerprint density at radius 2 is 2.00 bits per heavy atom. The molecule has 2 heterocycles. The van der Waals surface area contributed by atoms with E-state index >= 15 is 0 Å². The van der Waals surface area contributed by atoms with Gasteiger partial charge in [-0.1, -0.05) is 6.07 Å². The molecule has 1 aromatic carbocycles. The van der Waals surface area contributed by atoms with Crippen LogP contribution in [0.3, 0.4) is 0 Å². The van der Waals surface area contributed by atoms with Gasteiger partial charge in [0.25, 0.3) is 11.8 Å². The second-order valence-electron chi connectivity index (χ2n) is 8.54. The number of hydrogen-bond donors (Lipinski definition) is 3. The zero-order chi connectivity index (χ0) is 23.7. The quantitative estimate of drug-likeness (QED) is 0.387. The Kier molecular flexibility index (Phi) is 6.32. The first-order valence-corrected chi connectivity index (χ1v) is 10.9. The molecule has 1 aromatic rings. The van der Waals surface area contributed by atoms with E-state index in [0.717, 1.165) is 17.7 Å². The fourth-order valence-corrected chi connectivity index (χ4v) is 4.32. The number of nitrogens with one attached hydrogen (secondary N) is 2. The van der Waals surface area contributed by atoms with E-state index in [4.69, 9.17) is 9.84 Å². The second kappa shape index (κ2) is 9.18. The van der Waals surface area contributed by atoms with Crippen molar-refractivity contribution < 1.29 is 33.8 Å². The minimum absolute atomic E-state index is 0.0479. The summed E-state index contributed by atoms with van der Waals surface area (Å²) in [5.41, 5.74) is 1.02. The van der Waals surface area contributed by atoms with Crippen LogP contribution in [-0.4, -0.2) is 83.0 Å². The highest BCUT2D eigenvalue weighted by Gasteiger charge is 2.46. The largest absolute Gasteiger partial charge is 0.465 e. The minimum atomic E-state index is -0.996. The van der Waals surface area contributed by atoms with Crippen LogP contribution in [0.2, 0.25) is 0 Å². The molecule has 1 unspecified atom stereocenters. The Hall–Kier alpha value is -3.47. The molecule has 0 bridgehead atoms. The molecule has 11 nitrogen and oxygen atoms in total. The lowest BCUT2D eigenvalue weighted by Crippen LogP contribution is -2.54. The van der Waals surface area contributed by atoms with Gasteiger partial charge in [-0.15, -0.1) is 0 Å². The SMILES string of the molecule is CN(CCCOC1CC(Nc2cccc3c2C(=O)N(C2CCC(=O)NC2=O)C3=O)C1)C(=O)O. The second-order valence-corrected chi connectivity index (χ2v) is 8.54. The Bertz CT molecular complexity index is 1000. The van der Waals surface area contributed by atoms with Gasteiger partial charge in [-0.2, -0.15) is 0 Å². The van der Waals surface area contributed by atoms with Gasteiger partial charge < -0.3 is 20.1 Å².